The Balaban J connectivity index is 1.60. The molecule has 0 aliphatic carbocycles. The average molecular weight is 494 g/mol. The Hall–Kier alpha value is -1.72. The molecular formula is C21H23N3O3S4. The van der Waals surface area contributed by atoms with Crippen LogP contribution in [0.15, 0.2) is 62.4 Å². The number of hydrogen-bond acceptors (Lipinski definition) is 7. The molecule has 0 saturated carbocycles. The van der Waals surface area contributed by atoms with Crippen LogP contribution in [0.5, 0.6) is 0 Å². The number of hydrogen-bond donors (Lipinski definition) is 1. The standard InChI is InChI=1S/C21H23N3O3S4/c1-3-22-13-14(31(27)20(22)18-19(26)23(4-2)21(28)30-18)9-10-17-24(11-12-25)15-7-5-6-8-16(15)29-17/h5-10,13,25,29H,3-4,11-12H2,1-2H3. The number of benzene rings is 1. The van der Waals surface area contributed by atoms with E-state index >= 15 is 0 Å². The molecular weight excluding hydrogens is 471 g/mol. The Morgan fingerprint density at radius 1 is 1.29 bits per heavy atom. The number of likely N-dealkylation sites (N-methyl/N-ethyl adjacent to an activating group) is 1. The van der Waals surface area contributed by atoms with Gasteiger partial charge in [0.2, 0.25) is 0 Å². The van der Waals surface area contributed by atoms with Crippen molar-refractivity contribution in [3.8, 4) is 0 Å². The Morgan fingerprint density at radius 2 is 2.06 bits per heavy atom. The molecule has 31 heavy (non-hydrogen) atoms. The fourth-order valence-electron chi connectivity index (χ4n) is 3.54. The molecule has 0 aromatic heterocycles. The molecule has 6 nitrogen and oxygen atoms in total. The number of carbonyl (C=O) groups is 1. The van der Waals surface area contributed by atoms with Crippen LogP contribution in [0.2, 0.25) is 0 Å². The topological polar surface area (TPSA) is 64.1 Å². The third kappa shape index (κ3) is 4.07. The van der Waals surface area contributed by atoms with Gasteiger partial charge in [-0.15, -0.1) is 0 Å². The molecule has 1 unspecified atom stereocenters. The zero-order chi connectivity index (χ0) is 22.1. The maximum Gasteiger partial charge on any atom is 0.268 e. The summed E-state index contributed by atoms with van der Waals surface area (Å²) in [5.74, 6) is -0.175. The van der Waals surface area contributed by atoms with Crippen molar-refractivity contribution < 1.29 is 14.1 Å². The number of para-hydroxylation sites is 1. The van der Waals surface area contributed by atoms with Crippen molar-refractivity contribution in [2.24, 2.45) is 0 Å². The van der Waals surface area contributed by atoms with E-state index in [9.17, 15) is 14.1 Å². The Bertz CT molecular complexity index is 1040. The average Bonchev–Trinajstić information content (AvgIpc) is 3.37. The molecule has 164 valence electrons. The molecule has 1 N–H and O–H groups in total. The van der Waals surface area contributed by atoms with E-state index in [0.717, 1.165) is 22.8 Å². The number of β-amino-alcohol motifs (C(OH)–C–C–N with tert-alkyl or cyclic N) is 1. The Labute approximate surface area is 198 Å². The lowest BCUT2D eigenvalue weighted by molar-refractivity contribution is -0.122. The second-order valence-corrected chi connectivity index (χ2v) is 11.0. The van der Waals surface area contributed by atoms with Gasteiger partial charge in [0.05, 0.1) is 28.5 Å². The monoisotopic (exact) mass is 493 g/mol. The van der Waals surface area contributed by atoms with E-state index in [-0.39, 0.29) is 12.5 Å². The van der Waals surface area contributed by atoms with E-state index in [2.05, 4.69) is 11.0 Å². The summed E-state index contributed by atoms with van der Waals surface area (Å²) in [7, 11) is -1.47. The third-order valence-electron chi connectivity index (χ3n) is 5.04. The number of aliphatic hydroxyl groups is 1. The van der Waals surface area contributed by atoms with Gasteiger partial charge in [0.1, 0.15) is 14.3 Å². The van der Waals surface area contributed by atoms with Gasteiger partial charge < -0.3 is 14.9 Å². The van der Waals surface area contributed by atoms with Gasteiger partial charge >= 0.3 is 0 Å². The number of nitrogens with zero attached hydrogens (tertiary/aromatic N) is 3. The summed E-state index contributed by atoms with van der Waals surface area (Å²) in [5, 5.41) is 11.0. The molecule has 0 bridgehead atoms. The lowest BCUT2D eigenvalue weighted by Gasteiger charge is -2.24. The minimum atomic E-state index is -1.47. The first-order valence-electron chi connectivity index (χ1n) is 9.92. The molecule has 10 heteroatoms. The molecule has 1 amide bonds. The smallest absolute Gasteiger partial charge is 0.268 e. The fourth-order valence-corrected chi connectivity index (χ4v) is 7.74. The van der Waals surface area contributed by atoms with Crippen molar-refractivity contribution in [1.82, 2.24) is 9.80 Å². The largest absolute Gasteiger partial charge is 0.395 e. The summed E-state index contributed by atoms with van der Waals surface area (Å²) in [4.78, 5) is 20.5. The van der Waals surface area contributed by atoms with Crippen LogP contribution in [-0.4, -0.2) is 55.6 Å². The fraction of sp³-hybridized carbons (Fsp3) is 0.286. The molecule has 1 saturated heterocycles. The summed E-state index contributed by atoms with van der Waals surface area (Å²) in [6.45, 7) is 5.48. The molecule has 3 aliphatic rings. The van der Waals surface area contributed by atoms with Crippen molar-refractivity contribution in [3.05, 3.63) is 62.8 Å². The highest BCUT2D eigenvalue weighted by molar-refractivity contribution is 8.27. The van der Waals surface area contributed by atoms with Gasteiger partial charge in [-0.3, -0.25) is 9.69 Å². The minimum absolute atomic E-state index is 0.0445. The molecule has 3 heterocycles. The first-order valence-corrected chi connectivity index (χ1v) is 13.2. The zero-order valence-electron chi connectivity index (χ0n) is 17.1. The summed E-state index contributed by atoms with van der Waals surface area (Å²) in [6.07, 6.45) is 5.65. The Kier molecular flexibility index (Phi) is 6.83. The maximum atomic E-state index is 13.3. The number of fused-ring (bicyclic) bond motifs is 1. The van der Waals surface area contributed by atoms with Gasteiger partial charge in [0, 0.05) is 25.8 Å². The van der Waals surface area contributed by atoms with Gasteiger partial charge in [-0.05, 0) is 42.6 Å². The van der Waals surface area contributed by atoms with Crippen molar-refractivity contribution in [2.45, 2.75) is 18.7 Å². The van der Waals surface area contributed by atoms with Crippen molar-refractivity contribution >= 4 is 62.5 Å². The molecule has 0 spiro atoms. The van der Waals surface area contributed by atoms with Gasteiger partial charge in [0.15, 0.2) is 4.90 Å². The second-order valence-electron chi connectivity index (χ2n) is 6.81. The van der Waals surface area contributed by atoms with Gasteiger partial charge in [0.25, 0.3) is 5.91 Å². The predicted octanol–water partition coefficient (Wildman–Crippen LogP) is 2.69. The maximum absolute atomic E-state index is 13.3. The number of anilines is 1. The predicted molar refractivity (Wildman–Crippen MR) is 133 cm³/mol. The molecule has 1 aromatic rings. The van der Waals surface area contributed by atoms with Crippen LogP contribution in [-0.2, 0) is 27.4 Å². The van der Waals surface area contributed by atoms with Crippen LogP contribution in [0, 0.1) is 5.37 Å². The normalized spacial score (nSPS) is 23.6. The first-order chi connectivity index (χ1) is 15.0. The summed E-state index contributed by atoms with van der Waals surface area (Å²) >= 11 is 7.59. The van der Waals surface area contributed by atoms with Crippen molar-refractivity contribution in [2.75, 3.05) is 31.1 Å². The molecule has 4 rings (SSSR count). The SMILES string of the molecule is CCN1C=C(C=C[C-]2[SH+]c3ccccc3N2CCO)S(=O)C1=C1SC(=S)N(CC)C1=O. The summed E-state index contributed by atoms with van der Waals surface area (Å²) in [6, 6.07) is 8.10. The molecule has 3 aliphatic heterocycles. The van der Waals surface area contributed by atoms with Crippen LogP contribution in [0.4, 0.5) is 5.69 Å². The van der Waals surface area contributed by atoms with Crippen LogP contribution in [0.1, 0.15) is 13.8 Å². The molecule has 1 atom stereocenters. The number of thiocarbonyl (C=S) groups is 1. The zero-order valence-corrected chi connectivity index (χ0v) is 20.5. The molecule has 0 radical (unpaired) electrons. The highest BCUT2D eigenvalue weighted by atomic mass is 32.2. The van der Waals surface area contributed by atoms with E-state index in [1.54, 1.807) is 4.90 Å². The lowest BCUT2D eigenvalue weighted by atomic mass is 10.3. The summed E-state index contributed by atoms with van der Waals surface area (Å²) in [5.41, 5.74) is 1.08. The van der Waals surface area contributed by atoms with Gasteiger partial charge in [-0.2, -0.15) is 12.2 Å². The van der Waals surface area contributed by atoms with Crippen LogP contribution in [0.3, 0.4) is 0 Å². The number of thioether (sulfide) groups is 1. The van der Waals surface area contributed by atoms with E-state index in [1.165, 1.54) is 16.7 Å². The van der Waals surface area contributed by atoms with Gasteiger partial charge in [-0.1, -0.05) is 36.1 Å². The van der Waals surface area contributed by atoms with E-state index in [1.807, 2.05) is 55.3 Å². The second kappa shape index (κ2) is 9.41. The van der Waals surface area contributed by atoms with E-state index in [0.29, 0.717) is 38.8 Å². The highest BCUT2D eigenvalue weighted by Crippen LogP contribution is 2.41. The van der Waals surface area contributed by atoms with Crippen LogP contribution < -0.4 is 4.90 Å². The van der Waals surface area contributed by atoms with E-state index in [4.69, 9.17) is 12.2 Å². The van der Waals surface area contributed by atoms with Crippen molar-refractivity contribution in [1.29, 1.82) is 0 Å². The third-order valence-corrected chi connectivity index (χ3v) is 9.30. The van der Waals surface area contributed by atoms with Crippen LogP contribution in [0.25, 0.3) is 0 Å². The minimum Gasteiger partial charge on any atom is -0.395 e. The number of aliphatic hydroxyl groups excluding tert-OH is 1. The number of thiol groups is 1. The lowest BCUT2D eigenvalue weighted by Crippen LogP contribution is -2.28. The summed E-state index contributed by atoms with van der Waals surface area (Å²) < 4.78 is 13.8. The van der Waals surface area contributed by atoms with E-state index < -0.39 is 10.8 Å². The first kappa shape index (κ1) is 22.5. The Morgan fingerprint density at radius 3 is 2.74 bits per heavy atom. The quantitative estimate of drug-likeness (QED) is 0.215. The number of rotatable bonds is 6. The number of carbonyl (C=O) groups excluding carboxylic acids is 1. The molecule has 1 aromatic carbocycles. The van der Waals surface area contributed by atoms with Crippen LogP contribution >= 0.6 is 24.0 Å². The highest BCUT2D eigenvalue weighted by Gasteiger charge is 2.38. The molecule has 1 fully saturated rings. The number of allylic oxidation sites excluding steroid dienone is 1. The van der Waals surface area contributed by atoms with Crippen molar-refractivity contribution in [3.63, 3.8) is 0 Å². The van der Waals surface area contributed by atoms with Gasteiger partial charge in [-0.25, -0.2) is 4.21 Å². The number of amides is 1.